The molecule has 0 radical (unpaired) electrons. The molecule has 0 saturated heterocycles. The van der Waals surface area contributed by atoms with Gasteiger partial charge in [0.25, 0.3) is 0 Å². The number of nitrogens with zero attached hydrogens (tertiary/aromatic N) is 1. The van der Waals surface area contributed by atoms with Gasteiger partial charge in [0, 0.05) is 0 Å². The van der Waals surface area contributed by atoms with Gasteiger partial charge in [-0.25, -0.2) is 0 Å². The first-order valence-corrected chi connectivity index (χ1v) is 3.57. The molecule has 1 N–H and O–H groups in total. The summed E-state index contributed by atoms with van der Waals surface area (Å²) in [6, 6.07) is -0.245. The molecule has 0 aromatic heterocycles. The topological polar surface area (TPSA) is 49.4 Å². The van der Waals surface area contributed by atoms with Crippen LogP contribution < -0.4 is 5.32 Å². The van der Waals surface area contributed by atoms with Crippen LogP contribution in [0.4, 0.5) is 0 Å². The summed E-state index contributed by atoms with van der Waals surface area (Å²) in [5, 5.41) is 2.10. The lowest BCUT2D eigenvalue weighted by Crippen LogP contribution is -2.42. The number of amides is 2. The van der Waals surface area contributed by atoms with Crippen LogP contribution in [0.5, 0.6) is 0 Å². The van der Waals surface area contributed by atoms with Crippen molar-refractivity contribution >= 4 is 12.3 Å². The van der Waals surface area contributed by atoms with Crippen molar-refractivity contribution in [3.63, 3.8) is 0 Å². The van der Waals surface area contributed by atoms with E-state index in [0.717, 1.165) is 6.54 Å². The maximum Gasteiger partial charge on any atom is 0.243 e. The fourth-order valence-corrected chi connectivity index (χ4v) is 0.653. The molecule has 0 aromatic rings. The molecule has 11 heavy (non-hydrogen) atoms. The highest BCUT2D eigenvalue weighted by Gasteiger charge is 2.14. The number of imide groups is 1. The van der Waals surface area contributed by atoms with Gasteiger partial charge >= 0.3 is 0 Å². The first kappa shape index (κ1) is 10.1. The second kappa shape index (κ2) is 4.85. The Morgan fingerprint density at radius 2 is 2.27 bits per heavy atom. The molecule has 1 atom stereocenters. The molecule has 0 saturated carbocycles. The van der Waals surface area contributed by atoms with Gasteiger partial charge in [0.05, 0.1) is 6.04 Å². The number of rotatable bonds is 4. The summed E-state index contributed by atoms with van der Waals surface area (Å²) in [5.41, 5.74) is 0. The molecular weight excluding hydrogens is 144 g/mol. The standard InChI is InChI=1S/C7H14N2O2/c1-4-9(3)6(2)7(11)8-5-10/h5-6H,4H2,1-3H3,(H,8,10,11). The minimum absolute atomic E-state index is 0.245. The molecule has 0 fully saturated rings. The predicted octanol–water partition coefficient (Wildman–Crippen LogP) is -0.401. The Kier molecular flexibility index (Phi) is 4.45. The molecule has 64 valence electrons. The van der Waals surface area contributed by atoms with Crippen molar-refractivity contribution in [3.05, 3.63) is 0 Å². The van der Waals surface area contributed by atoms with Gasteiger partial charge in [-0.3, -0.25) is 19.8 Å². The number of hydrogen-bond donors (Lipinski definition) is 1. The van der Waals surface area contributed by atoms with Crippen LogP contribution in [0, 0.1) is 0 Å². The van der Waals surface area contributed by atoms with E-state index in [4.69, 9.17) is 0 Å². The summed E-state index contributed by atoms with van der Waals surface area (Å²) in [6.45, 7) is 4.49. The Bertz CT molecular complexity index is 147. The van der Waals surface area contributed by atoms with Crippen LogP contribution >= 0.6 is 0 Å². The van der Waals surface area contributed by atoms with Gasteiger partial charge < -0.3 is 0 Å². The first-order valence-electron chi connectivity index (χ1n) is 3.57. The summed E-state index contributed by atoms with van der Waals surface area (Å²) in [5.74, 6) is -0.260. The third-order valence-corrected chi connectivity index (χ3v) is 1.74. The Balaban J connectivity index is 3.90. The molecule has 0 rings (SSSR count). The molecule has 1 unspecified atom stereocenters. The molecule has 0 aliphatic carbocycles. The Labute approximate surface area is 66.6 Å². The van der Waals surface area contributed by atoms with E-state index >= 15 is 0 Å². The largest absolute Gasteiger partial charge is 0.298 e. The van der Waals surface area contributed by atoms with Crippen molar-refractivity contribution in [2.24, 2.45) is 0 Å². The molecular formula is C7H14N2O2. The van der Waals surface area contributed by atoms with Gasteiger partial charge in [0.15, 0.2) is 0 Å². The van der Waals surface area contributed by atoms with E-state index in [-0.39, 0.29) is 11.9 Å². The number of carbonyl (C=O) groups is 2. The lowest BCUT2D eigenvalue weighted by molar-refractivity contribution is -0.128. The molecule has 0 spiro atoms. The number of carbonyl (C=O) groups excluding carboxylic acids is 2. The Morgan fingerprint density at radius 3 is 2.64 bits per heavy atom. The molecule has 0 aliphatic heterocycles. The van der Waals surface area contributed by atoms with Crippen molar-refractivity contribution < 1.29 is 9.59 Å². The van der Waals surface area contributed by atoms with E-state index in [9.17, 15) is 9.59 Å². The van der Waals surface area contributed by atoms with E-state index in [1.54, 1.807) is 6.92 Å². The van der Waals surface area contributed by atoms with E-state index in [1.807, 2.05) is 18.9 Å². The normalized spacial score (nSPS) is 12.7. The zero-order valence-electron chi connectivity index (χ0n) is 7.13. The van der Waals surface area contributed by atoms with Gasteiger partial charge in [0.1, 0.15) is 0 Å². The molecule has 0 aliphatic rings. The SMILES string of the molecule is CCN(C)C(C)C(=O)NC=O. The van der Waals surface area contributed by atoms with Crippen LogP contribution in [0.3, 0.4) is 0 Å². The summed E-state index contributed by atoms with van der Waals surface area (Å²) < 4.78 is 0. The lowest BCUT2D eigenvalue weighted by atomic mass is 10.3. The van der Waals surface area contributed by atoms with Crippen LogP contribution in [0.25, 0.3) is 0 Å². The second-order valence-electron chi connectivity index (χ2n) is 2.38. The lowest BCUT2D eigenvalue weighted by Gasteiger charge is -2.20. The van der Waals surface area contributed by atoms with E-state index < -0.39 is 0 Å². The van der Waals surface area contributed by atoms with Crippen LogP contribution in [0.2, 0.25) is 0 Å². The van der Waals surface area contributed by atoms with Crippen LogP contribution in [0.15, 0.2) is 0 Å². The maximum absolute atomic E-state index is 11.0. The molecule has 0 bridgehead atoms. The zero-order valence-corrected chi connectivity index (χ0v) is 7.13. The average Bonchev–Trinajstić information content (AvgIpc) is 2.02. The van der Waals surface area contributed by atoms with Crippen molar-refractivity contribution in [2.75, 3.05) is 13.6 Å². The van der Waals surface area contributed by atoms with Crippen molar-refractivity contribution in [1.82, 2.24) is 10.2 Å². The number of hydrogen-bond acceptors (Lipinski definition) is 3. The third kappa shape index (κ3) is 3.13. The third-order valence-electron chi connectivity index (χ3n) is 1.74. The van der Waals surface area contributed by atoms with Crippen LogP contribution in [-0.4, -0.2) is 36.9 Å². The first-order chi connectivity index (χ1) is 5.13. The van der Waals surface area contributed by atoms with E-state index in [0.29, 0.717) is 6.41 Å². The zero-order chi connectivity index (χ0) is 8.85. The highest BCUT2D eigenvalue weighted by Crippen LogP contribution is 1.92. The highest BCUT2D eigenvalue weighted by molar-refractivity contribution is 5.89. The fourth-order valence-electron chi connectivity index (χ4n) is 0.653. The van der Waals surface area contributed by atoms with E-state index in [2.05, 4.69) is 5.32 Å². The second-order valence-corrected chi connectivity index (χ2v) is 2.38. The molecule has 2 amide bonds. The van der Waals surface area contributed by atoms with Crippen LogP contribution in [-0.2, 0) is 9.59 Å². The number of nitrogens with one attached hydrogen (secondary N) is 1. The van der Waals surface area contributed by atoms with E-state index in [1.165, 1.54) is 0 Å². The fraction of sp³-hybridized carbons (Fsp3) is 0.714. The van der Waals surface area contributed by atoms with Crippen molar-refractivity contribution in [1.29, 1.82) is 0 Å². The van der Waals surface area contributed by atoms with Crippen LogP contribution in [0.1, 0.15) is 13.8 Å². The van der Waals surface area contributed by atoms with Crippen molar-refractivity contribution in [2.45, 2.75) is 19.9 Å². The summed E-state index contributed by atoms with van der Waals surface area (Å²) >= 11 is 0. The molecule has 4 heteroatoms. The average molecular weight is 158 g/mol. The maximum atomic E-state index is 11.0. The summed E-state index contributed by atoms with van der Waals surface area (Å²) in [4.78, 5) is 22.7. The summed E-state index contributed by atoms with van der Waals surface area (Å²) in [6.07, 6.45) is 0.405. The molecule has 0 heterocycles. The van der Waals surface area contributed by atoms with Gasteiger partial charge in [-0.1, -0.05) is 6.92 Å². The molecule has 4 nitrogen and oxygen atoms in total. The minimum atomic E-state index is -0.260. The predicted molar refractivity (Wildman–Crippen MR) is 42.0 cm³/mol. The quantitative estimate of drug-likeness (QED) is 0.566. The highest BCUT2D eigenvalue weighted by atomic mass is 16.2. The van der Waals surface area contributed by atoms with Gasteiger partial charge in [-0.2, -0.15) is 0 Å². The van der Waals surface area contributed by atoms with Gasteiger partial charge in [-0.05, 0) is 20.5 Å². The number of likely N-dealkylation sites (N-methyl/N-ethyl adjacent to an activating group) is 1. The smallest absolute Gasteiger partial charge is 0.243 e. The van der Waals surface area contributed by atoms with Gasteiger partial charge in [-0.15, -0.1) is 0 Å². The van der Waals surface area contributed by atoms with Gasteiger partial charge in [0.2, 0.25) is 12.3 Å². The molecule has 0 aromatic carbocycles. The minimum Gasteiger partial charge on any atom is -0.298 e. The van der Waals surface area contributed by atoms with Crippen molar-refractivity contribution in [3.8, 4) is 0 Å². The Morgan fingerprint density at radius 1 is 1.73 bits per heavy atom. The Hall–Kier alpha value is -0.900. The summed E-state index contributed by atoms with van der Waals surface area (Å²) in [7, 11) is 1.83. The monoisotopic (exact) mass is 158 g/mol.